The number of alkyl halides is 3. The third kappa shape index (κ3) is 2.26. The summed E-state index contributed by atoms with van der Waals surface area (Å²) in [4.78, 5) is 0. The van der Waals surface area contributed by atoms with Gasteiger partial charge in [-0.05, 0) is 6.92 Å². The van der Waals surface area contributed by atoms with Crippen molar-refractivity contribution in [1.29, 1.82) is 0 Å². The van der Waals surface area contributed by atoms with Crippen molar-refractivity contribution in [2.45, 2.75) is 19.9 Å². The van der Waals surface area contributed by atoms with Gasteiger partial charge in [-0.3, -0.25) is 5.46 Å². The van der Waals surface area contributed by atoms with Crippen LogP contribution in [-0.4, -0.2) is 7.28 Å². The second-order valence-electron chi connectivity index (χ2n) is 2.86. The van der Waals surface area contributed by atoms with Gasteiger partial charge in [-0.2, -0.15) is 13.2 Å². The third-order valence-electron chi connectivity index (χ3n) is 1.92. The van der Waals surface area contributed by atoms with Crippen LogP contribution in [0.15, 0.2) is 18.2 Å². The lowest BCUT2D eigenvalue weighted by Crippen LogP contribution is -2.18. The molecule has 0 N–H and O–H groups in total. The minimum atomic E-state index is -4.24. The Balaban J connectivity index is 3.14. The molecule has 1 aromatic carbocycles. The van der Waals surface area contributed by atoms with Crippen LogP contribution in [0.1, 0.15) is 11.1 Å². The molecule has 1 aromatic rings. The molecule has 0 atom stereocenters. The highest BCUT2D eigenvalue weighted by atomic mass is 19.4. The van der Waals surface area contributed by atoms with E-state index < -0.39 is 11.7 Å². The van der Waals surface area contributed by atoms with Gasteiger partial charge in [-0.1, -0.05) is 23.8 Å². The fourth-order valence-corrected chi connectivity index (χ4v) is 1.13. The number of hydrogen-bond donors (Lipinski definition) is 0. The van der Waals surface area contributed by atoms with Crippen molar-refractivity contribution in [3.63, 3.8) is 0 Å². The maximum absolute atomic E-state index is 12.2. The van der Waals surface area contributed by atoms with Gasteiger partial charge < -0.3 is 7.28 Å². The lowest BCUT2D eigenvalue weighted by molar-refractivity contribution is -0.137. The summed E-state index contributed by atoms with van der Waals surface area (Å²) in [6, 6.07) is 3.75. The molecule has 0 aliphatic carbocycles. The summed E-state index contributed by atoms with van der Waals surface area (Å²) in [7, 11) is 1.67. The lowest BCUT2D eigenvalue weighted by Gasteiger charge is -2.17. The van der Waals surface area contributed by atoms with Crippen LogP contribution < -0.4 is 5.46 Å². The Bertz CT molecular complexity index is 304. The van der Waals surface area contributed by atoms with Gasteiger partial charge in [-0.25, -0.2) is 6.82 Å². The van der Waals surface area contributed by atoms with Crippen molar-refractivity contribution in [3.05, 3.63) is 29.3 Å². The molecular weight excluding hydrogens is 176 g/mol. The van der Waals surface area contributed by atoms with Gasteiger partial charge >= 0.3 is 6.18 Å². The maximum Gasteiger partial charge on any atom is 0.416 e. The fourth-order valence-electron chi connectivity index (χ4n) is 1.13. The van der Waals surface area contributed by atoms with Gasteiger partial charge in [0.2, 0.25) is 0 Å². The first-order valence-electron chi connectivity index (χ1n) is 3.92. The molecule has 13 heavy (non-hydrogen) atoms. The molecule has 0 amide bonds. The first kappa shape index (κ1) is 10.2. The highest BCUT2D eigenvalue weighted by Crippen LogP contribution is 2.28. The molecule has 2 radical (unpaired) electrons. The first-order chi connectivity index (χ1) is 5.95. The van der Waals surface area contributed by atoms with Crippen molar-refractivity contribution in [3.8, 4) is 0 Å². The maximum atomic E-state index is 12.2. The van der Waals surface area contributed by atoms with E-state index in [1.807, 2.05) is 0 Å². The van der Waals surface area contributed by atoms with Gasteiger partial charge in [0.05, 0.1) is 5.56 Å². The molecule has 1 rings (SSSR count). The van der Waals surface area contributed by atoms with E-state index in [1.165, 1.54) is 6.07 Å². The summed E-state index contributed by atoms with van der Waals surface area (Å²) in [6.07, 6.45) is -4.24. The Morgan fingerprint density at radius 2 is 1.85 bits per heavy atom. The number of hydrogen-bond acceptors (Lipinski definition) is 0. The van der Waals surface area contributed by atoms with Gasteiger partial charge in [0.15, 0.2) is 0 Å². The average Bonchev–Trinajstić information content (AvgIpc) is 2.03. The topological polar surface area (TPSA) is 0 Å². The van der Waals surface area contributed by atoms with Gasteiger partial charge in [0, 0.05) is 0 Å². The Morgan fingerprint density at radius 1 is 1.23 bits per heavy atom. The molecule has 0 spiro atoms. The van der Waals surface area contributed by atoms with E-state index in [0.717, 1.165) is 17.7 Å². The van der Waals surface area contributed by atoms with Gasteiger partial charge in [-0.15, -0.1) is 0 Å². The van der Waals surface area contributed by atoms with Crippen LogP contribution in [0.25, 0.3) is 0 Å². The largest absolute Gasteiger partial charge is 0.416 e. The molecule has 0 unspecified atom stereocenters. The second-order valence-corrected chi connectivity index (χ2v) is 2.86. The highest BCUT2D eigenvalue weighted by molar-refractivity contribution is 6.52. The third-order valence-corrected chi connectivity index (χ3v) is 1.92. The van der Waals surface area contributed by atoms with Crippen LogP contribution in [0.4, 0.5) is 13.2 Å². The molecule has 0 nitrogen and oxygen atoms in total. The molecule has 0 aliphatic rings. The molecule has 0 aromatic heterocycles. The SMILES string of the molecule is C[B-]c1cc(C(F)(F)F)ccc1C. The molecule has 0 heterocycles. The van der Waals surface area contributed by atoms with Gasteiger partial charge in [0.1, 0.15) is 0 Å². The predicted octanol–water partition coefficient (Wildman–Crippen LogP) is 2.39. The van der Waals surface area contributed by atoms with Crippen LogP contribution >= 0.6 is 0 Å². The standard InChI is InChI=1S/C9H9BF3/c1-6-3-4-7(9(11,12)13)5-8(6)10-2/h3-5H,1-2H3/q-1. The van der Waals surface area contributed by atoms with Crippen molar-refractivity contribution in [1.82, 2.24) is 0 Å². The number of halogens is 3. The molecular formula is C9H9BF3-. The quantitative estimate of drug-likeness (QED) is 0.589. The summed E-state index contributed by atoms with van der Waals surface area (Å²) in [5, 5.41) is 0. The van der Waals surface area contributed by atoms with E-state index in [9.17, 15) is 13.2 Å². The molecule has 70 valence electrons. The Kier molecular flexibility index (Phi) is 2.69. The molecule has 0 bridgehead atoms. The fraction of sp³-hybridized carbons (Fsp3) is 0.333. The van der Waals surface area contributed by atoms with Crippen molar-refractivity contribution >= 4 is 12.7 Å². The minimum Gasteiger partial charge on any atom is -0.301 e. The summed E-state index contributed by atoms with van der Waals surface area (Å²) < 4.78 is 36.7. The number of rotatable bonds is 1. The van der Waals surface area contributed by atoms with Crippen LogP contribution in [-0.2, 0) is 6.18 Å². The highest BCUT2D eigenvalue weighted by Gasteiger charge is 2.29. The molecule has 0 fully saturated rings. The van der Waals surface area contributed by atoms with Crippen molar-refractivity contribution in [2.24, 2.45) is 0 Å². The number of aryl methyl sites for hydroxylation is 1. The van der Waals surface area contributed by atoms with E-state index >= 15 is 0 Å². The summed E-state index contributed by atoms with van der Waals surface area (Å²) in [6.45, 7) is 3.51. The van der Waals surface area contributed by atoms with E-state index in [-0.39, 0.29) is 0 Å². The summed E-state index contributed by atoms with van der Waals surface area (Å²) in [5.41, 5.74) is 0.900. The monoisotopic (exact) mass is 185 g/mol. The Labute approximate surface area is 76.0 Å². The lowest BCUT2D eigenvalue weighted by atomic mass is 9.70. The zero-order valence-electron chi connectivity index (χ0n) is 7.44. The average molecular weight is 185 g/mol. The molecule has 0 saturated heterocycles. The molecule has 0 saturated carbocycles. The molecule has 0 aliphatic heterocycles. The van der Waals surface area contributed by atoms with E-state index in [1.54, 1.807) is 21.0 Å². The number of benzene rings is 1. The van der Waals surface area contributed by atoms with Gasteiger partial charge in [0.25, 0.3) is 0 Å². The first-order valence-corrected chi connectivity index (χ1v) is 3.92. The van der Waals surface area contributed by atoms with Crippen LogP contribution in [0, 0.1) is 6.92 Å². The smallest absolute Gasteiger partial charge is 0.301 e. The predicted molar refractivity (Wildman–Crippen MR) is 47.4 cm³/mol. The van der Waals surface area contributed by atoms with Crippen LogP contribution in [0.5, 0.6) is 0 Å². The summed E-state index contributed by atoms with van der Waals surface area (Å²) >= 11 is 0. The van der Waals surface area contributed by atoms with E-state index in [2.05, 4.69) is 0 Å². The van der Waals surface area contributed by atoms with Crippen molar-refractivity contribution < 1.29 is 13.2 Å². The Morgan fingerprint density at radius 3 is 2.31 bits per heavy atom. The van der Waals surface area contributed by atoms with E-state index in [0.29, 0.717) is 5.46 Å². The Hall–Kier alpha value is -0.925. The second kappa shape index (κ2) is 3.44. The minimum absolute atomic E-state index is 0.591. The van der Waals surface area contributed by atoms with Crippen LogP contribution in [0.2, 0.25) is 6.82 Å². The molecule has 4 heteroatoms. The normalized spacial score (nSPS) is 11.8. The zero-order valence-corrected chi connectivity index (χ0v) is 7.44. The van der Waals surface area contributed by atoms with Crippen LogP contribution in [0.3, 0.4) is 0 Å². The van der Waals surface area contributed by atoms with E-state index in [4.69, 9.17) is 0 Å². The zero-order chi connectivity index (χ0) is 10.1. The van der Waals surface area contributed by atoms with Crippen molar-refractivity contribution in [2.75, 3.05) is 0 Å². The summed E-state index contributed by atoms with van der Waals surface area (Å²) in [5.74, 6) is 0.